The minimum Gasteiger partial charge on any atom is -0.437 e. The number of para-hydroxylation sites is 1. The summed E-state index contributed by atoms with van der Waals surface area (Å²) < 4.78 is 14.3. The standard InChI is InChI=1S/C27H14BrN5O5/c28-16-10-8-14(9-11-16)24-30-25-22-20(15-4-3-5-17(12-15)33(35)36)21-23(38-26(22)29-13-32(25)31-24)18-6-1-2-7-19(18)37-27(21)34/h1-13,20H. The molecule has 3 aromatic heterocycles. The van der Waals surface area contributed by atoms with Crippen LogP contribution >= 0.6 is 15.9 Å². The van der Waals surface area contributed by atoms with Gasteiger partial charge in [0.2, 0.25) is 5.88 Å². The van der Waals surface area contributed by atoms with Crippen molar-refractivity contribution in [3.63, 3.8) is 0 Å². The molecule has 7 rings (SSSR count). The van der Waals surface area contributed by atoms with Crippen molar-refractivity contribution in [3.05, 3.63) is 121 Å². The Morgan fingerprint density at radius 2 is 1.82 bits per heavy atom. The zero-order valence-electron chi connectivity index (χ0n) is 19.2. The van der Waals surface area contributed by atoms with Crippen LogP contribution in [-0.4, -0.2) is 24.5 Å². The van der Waals surface area contributed by atoms with Crippen molar-refractivity contribution in [3.8, 4) is 23.0 Å². The van der Waals surface area contributed by atoms with Crippen LogP contribution < -0.4 is 10.4 Å². The predicted octanol–water partition coefficient (Wildman–Crippen LogP) is 5.85. The molecule has 0 bridgehead atoms. The largest absolute Gasteiger partial charge is 0.437 e. The molecule has 4 heterocycles. The van der Waals surface area contributed by atoms with E-state index in [1.165, 1.54) is 23.0 Å². The minimum atomic E-state index is -0.812. The zero-order chi connectivity index (χ0) is 26.0. The van der Waals surface area contributed by atoms with Gasteiger partial charge in [-0.05, 0) is 29.8 Å². The molecule has 10 nitrogen and oxygen atoms in total. The molecule has 0 fully saturated rings. The number of nitro benzene ring substituents is 1. The van der Waals surface area contributed by atoms with E-state index in [0.29, 0.717) is 39.3 Å². The lowest BCUT2D eigenvalue weighted by Gasteiger charge is -2.27. The van der Waals surface area contributed by atoms with Gasteiger partial charge in [-0.15, -0.1) is 5.10 Å². The normalized spacial score (nSPS) is 14.2. The molecule has 0 aliphatic carbocycles. The summed E-state index contributed by atoms with van der Waals surface area (Å²) in [7, 11) is 0. The van der Waals surface area contributed by atoms with Gasteiger partial charge < -0.3 is 9.15 Å². The van der Waals surface area contributed by atoms with Gasteiger partial charge in [-0.25, -0.2) is 19.3 Å². The van der Waals surface area contributed by atoms with E-state index >= 15 is 0 Å². The van der Waals surface area contributed by atoms with Crippen LogP contribution in [0.2, 0.25) is 0 Å². The predicted molar refractivity (Wildman–Crippen MR) is 141 cm³/mol. The molecule has 0 amide bonds. The second-order valence-corrected chi connectivity index (χ2v) is 9.61. The van der Waals surface area contributed by atoms with Gasteiger partial charge >= 0.3 is 5.63 Å². The first-order valence-electron chi connectivity index (χ1n) is 11.5. The molecule has 184 valence electrons. The first-order chi connectivity index (χ1) is 18.5. The number of aromatic nitrogens is 4. The van der Waals surface area contributed by atoms with E-state index in [2.05, 4.69) is 26.0 Å². The summed E-state index contributed by atoms with van der Waals surface area (Å²) in [5, 5.41) is 16.8. The van der Waals surface area contributed by atoms with E-state index in [9.17, 15) is 14.9 Å². The summed E-state index contributed by atoms with van der Waals surface area (Å²) in [5.41, 5.74) is 1.98. The Morgan fingerprint density at radius 3 is 2.63 bits per heavy atom. The molecule has 1 aliphatic heterocycles. The molecular weight excluding hydrogens is 554 g/mol. The van der Waals surface area contributed by atoms with Gasteiger partial charge in [-0.2, -0.15) is 0 Å². The molecule has 1 unspecified atom stereocenters. The quantitative estimate of drug-likeness (QED) is 0.148. The summed E-state index contributed by atoms with van der Waals surface area (Å²) in [5.74, 6) is 0.159. The number of hydrogen-bond donors (Lipinski definition) is 0. The Morgan fingerprint density at radius 1 is 1.00 bits per heavy atom. The highest BCUT2D eigenvalue weighted by molar-refractivity contribution is 9.10. The molecule has 1 aliphatic rings. The summed E-state index contributed by atoms with van der Waals surface area (Å²) in [6, 6.07) is 20.7. The average Bonchev–Trinajstić information content (AvgIpc) is 3.37. The lowest BCUT2D eigenvalue weighted by molar-refractivity contribution is -0.384. The Kier molecular flexibility index (Phi) is 4.88. The van der Waals surface area contributed by atoms with Crippen LogP contribution in [0.3, 0.4) is 0 Å². The second kappa shape index (κ2) is 8.32. The molecule has 1 atom stereocenters. The van der Waals surface area contributed by atoms with Gasteiger partial charge in [0.25, 0.3) is 5.69 Å². The van der Waals surface area contributed by atoms with Crippen LogP contribution in [0.5, 0.6) is 11.6 Å². The number of rotatable bonds is 3. The van der Waals surface area contributed by atoms with Gasteiger partial charge in [-0.3, -0.25) is 10.1 Å². The summed E-state index contributed by atoms with van der Waals surface area (Å²) in [6.07, 6.45) is 1.49. The molecule has 11 heteroatoms. The van der Waals surface area contributed by atoms with Gasteiger partial charge in [0.1, 0.15) is 11.9 Å². The first kappa shape index (κ1) is 22.3. The summed E-state index contributed by atoms with van der Waals surface area (Å²) in [4.78, 5) is 33.9. The fourth-order valence-corrected chi connectivity index (χ4v) is 5.07. The third-order valence-electron chi connectivity index (χ3n) is 6.48. The van der Waals surface area contributed by atoms with Crippen molar-refractivity contribution < 1.29 is 14.1 Å². The van der Waals surface area contributed by atoms with E-state index in [1.807, 2.05) is 30.3 Å². The third kappa shape index (κ3) is 3.40. The highest BCUT2D eigenvalue weighted by Crippen LogP contribution is 2.49. The number of ether oxygens (including phenoxy) is 1. The Hall–Kier alpha value is -4.90. The van der Waals surface area contributed by atoms with Crippen molar-refractivity contribution in [2.45, 2.75) is 5.92 Å². The monoisotopic (exact) mass is 567 g/mol. The van der Waals surface area contributed by atoms with Crippen LogP contribution in [0.4, 0.5) is 5.69 Å². The molecule has 0 radical (unpaired) electrons. The van der Waals surface area contributed by atoms with Crippen LogP contribution in [-0.2, 0) is 0 Å². The third-order valence-corrected chi connectivity index (χ3v) is 7.01. The maximum absolute atomic E-state index is 13.4. The average molecular weight is 568 g/mol. The van der Waals surface area contributed by atoms with Crippen LogP contribution in [0.15, 0.2) is 92.8 Å². The van der Waals surface area contributed by atoms with Gasteiger partial charge in [0.15, 0.2) is 17.2 Å². The minimum absolute atomic E-state index is 0.112. The van der Waals surface area contributed by atoms with E-state index < -0.39 is 16.5 Å². The number of benzene rings is 3. The van der Waals surface area contributed by atoms with Crippen molar-refractivity contribution in [2.24, 2.45) is 0 Å². The number of fused-ring (bicyclic) bond motifs is 6. The first-order valence-corrected chi connectivity index (χ1v) is 12.3. The van der Waals surface area contributed by atoms with Gasteiger partial charge in [0, 0.05) is 22.2 Å². The fraction of sp³-hybridized carbons (Fsp3) is 0.0370. The lowest BCUT2D eigenvalue weighted by atomic mass is 9.84. The SMILES string of the molecule is O=c1oc2ccccc2c2c1C(c1cccc([N+](=O)[O-])c1)c1c(ncn3nc(-c4ccc(Br)cc4)nc13)O2. The molecular formula is C27H14BrN5O5. The fourth-order valence-electron chi connectivity index (χ4n) is 4.80. The molecule has 3 aromatic carbocycles. The Bertz CT molecular complexity index is 1980. The number of non-ortho nitro benzene ring substituents is 1. The molecule has 0 spiro atoms. The maximum atomic E-state index is 13.4. The molecule has 6 aromatic rings. The molecule has 0 N–H and O–H groups in total. The Labute approximate surface area is 221 Å². The lowest BCUT2D eigenvalue weighted by Crippen LogP contribution is -2.22. The number of halogens is 1. The highest BCUT2D eigenvalue weighted by Gasteiger charge is 2.38. The van der Waals surface area contributed by atoms with Gasteiger partial charge in [-0.1, -0.05) is 52.3 Å². The smallest absolute Gasteiger partial charge is 0.344 e. The van der Waals surface area contributed by atoms with Crippen molar-refractivity contribution in [1.29, 1.82) is 0 Å². The highest BCUT2D eigenvalue weighted by atomic mass is 79.9. The second-order valence-electron chi connectivity index (χ2n) is 8.69. The van der Waals surface area contributed by atoms with Crippen molar-refractivity contribution in [2.75, 3.05) is 0 Å². The van der Waals surface area contributed by atoms with Crippen LogP contribution in [0.25, 0.3) is 28.0 Å². The van der Waals surface area contributed by atoms with Crippen molar-refractivity contribution >= 4 is 38.2 Å². The number of nitrogens with zero attached hydrogens (tertiary/aromatic N) is 5. The molecule has 38 heavy (non-hydrogen) atoms. The number of nitro groups is 1. The van der Waals surface area contributed by atoms with Gasteiger partial charge in [0.05, 0.1) is 27.4 Å². The van der Waals surface area contributed by atoms with Crippen LogP contribution in [0.1, 0.15) is 22.6 Å². The van der Waals surface area contributed by atoms with E-state index in [4.69, 9.17) is 14.1 Å². The van der Waals surface area contributed by atoms with E-state index in [0.717, 1.165) is 10.0 Å². The molecule has 0 saturated carbocycles. The van der Waals surface area contributed by atoms with Crippen molar-refractivity contribution in [1.82, 2.24) is 19.6 Å². The Balaban J connectivity index is 1.54. The van der Waals surface area contributed by atoms with Crippen LogP contribution in [0, 0.1) is 10.1 Å². The molecule has 0 saturated heterocycles. The topological polar surface area (TPSA) is 126 Å². The van der Waals surface area contributed by atoms with E-state index in [-0.39, 0.29) is 17.1 Å². The van der Waals surface area contributed by atoms with E-state index in [1.54, 1.807) is 30.3 Å². The maximum Gasteiger partial charge on any atom is 0.344 e. The zero-order valence-corrected chi connectivity index (χ0v) is 20.8. The number of hydrogen-bond acceptors (Lipinski definition) is 8. The summed E-state index contributed by atoms with van der Waals surface area (Å²) >= 11 is 3.43. The summed E-state index contributed by atoms with van der Waals surface area (Å²) in [6.45, 7) is 0.